The van der Waals surface area contributed by atoms with Gasteiger partial charge in [-0.05, 0) is 48.1 Å². The second-order valence-electron chi connectivity index (χ2n) is 8.30. The van der Waals surface area contributed by atoms with E-state index >= 15 is 0 Å². The first-order valence-electron chi connectivity index (χ1n) is 11.2. The number of rotatable bonds is 7. The van der Waals surface area contributed by atoms with Crippen LogP contribution in [-0.4, -0.2) is 22.8 Å². The molecule has 3 aromatic rings. The van der Waals surface area contributed by atoms with Crippen LogP contribution in [0.4, 0.5) is 8.78 Å². The second kappa shape index (κ2) is 10.7. The van der Waals surface area contributed by atoms with Crippen LogP contribution in [0.25, 0.3) is 0 Å². The zero-order valence-corrected chi connectivity index (χ0v) is 19.0. The van der Waals surface area contributed by atoms with Gasteiger partial charge in [-0.15, -0.1) is 11.3 Å². The van der Waals surface area contributed by atoms with Crippen LogP contribution >= 0.6 is 11.3 Å². The number of hydrogen-bond donors (Lipinski definition) is 1. The average molecular weight is 469 g/mol. The lowest BCUT2D eigenvalue weighted by Gasteiger charge is -2.33. The summed E-state index contributed by atoms with van der Waals surface area (Å²) in [6.45, 7) is 0.0358. The molecule has 0 spiro atoms. The Labute approximate surface area is 196 Å². The van der Waals surface area contributed by atoms with Gasteiger partial charge in [0, 0.05) is 18.2 Å². The molecule has 1 aliphatic rings. The van der Waals surface area contributed by atoms with Gasteiger partial charge in [0.1, 0.15) is 17.7 Å². The van der Waals surface area contributed by atoms with Crippen molar-refractivity contribution in [3.63, 3.8) is 0 Å². The zero-order chi connectivity index (χ0) is 23.2. The topological polar surface area (TPSA) is 49.4 Å². The number of halogens is 2. The van der Waals surface area contributed by atoms with Crippen LogP contribution in [-0.2, 0) is 11.3 Å². The molecule has 33 heavy (non-hydrogen) atoms. The lowest BCUT2D eigenvalue weighted by molar-refractivity contribution is -0.127. The SMILES string of the molecule is O=C(NC1CCCCC1)[C@H](c1ccccc1F)N(Cc1ccc(F)cc1)C(=O)c1cccs1. The molecule has 2 aromatic carbocycles. The molecule has 0 unspecified atom stereocenters. The predicted octanol–water partition coefficient (Wildman–Crippen LogP) is 5.86. The molecular formula is C26H26F2N2O2S. The van der Waals surface area contributed by atoms with Gasteiger partial charge in [0.05, 0.1) is 4.88 Å². The Kier molecular flexibility index (Phi) is 7.50. The molecule has 2 amide bonds. The van der Waals surface area contributed by atoms with Crippen molar-refractivity contribution < 1.29 is 18.4 Å². The summed E-state index contributed by atoms with van der Waals surface area (Å²) in [5.74, 6) is -1.72. The van der Waals surface area contributed by atoms with Crippen LogP contribution in [0, 0.1) is 11.6 Å². The number of nitrogens with zero attached hydrogens (tertiary/aromatic N) is 1. The van der Waals surface area contributed by atoms with Crippen LogP contribution in [0.5, 0.6) is 0 Å². The fraction of sp³-hybridized carbons (Fsp3) is 0.308. The first-order valence-corrected chi connectivity index (χ1v) is 12.0. The first kappa shape index (κ1) is 23.1. The third-order valence-corrected chi connectivity index (χ3v) is 6.83. The van der Waals surface area contributed by atoms with E-state index in [1.54, 1.807) is 47.8 Å². The van der Waals surface area contributed by atoms with Crippen LogP contribution < -0.4 is 5.32 Å². The van der Waals surface area contributed by atoms with E-state index in [1.165, 1.54) is 34.4 Å². The normalized spacial score (nSPS) is 15.1. The number of amides is 2. The van der Waals surface area contributed by atoms with Gasteiger partial charge in [-0.25, -0.2) is 8.78 Å². The summed E-state index contributed by atoms with van der Waals surface area (Å²) in [5.41, 5.74) is 0.783. The minimum atomic E-state index is -1.16. The summed E-state index contributed by atoms with van der Waals surface area (Å²) in [5, 5.41) is 4.85. The Hall–Kier alpha value is -3.06. The molecule has 4 nitrogen and oxygen atoms in total. The molecule has 0 saturated heterocycles. The molecule has 4 rings (SSSR count). The third kappa shape index (κ3) is 5.66. The number of nitrogens with one attached hydrogen (secondary N) is 1. The lowest BCUT2D eigenvalue weighted by Crippen LogP contribution is -2.47. The van der Waals surface area contributed by atoms with Gasteiger partial charge in [0.15, 0.2) is 0 Å². The maximum absolute atomic E-state index is 15.0. The molecule has 1 aromatic heterocycles. The zero-order valence-electron chi connectivity index (χ0n) is 18.2. The van der Waals surface area contributed by atoms with Crippen molar-refractivity contribution in [3.8, 4) is 0 Å². The quantitative estimate of drug-likeness (QED) is 0.472. The van der Waals surface area contributed by atoms with Gasteiger partial charge in [0.25, 0.3) is 5.91 Å². The largest absolute Gasteiger partial charge is 0.351 e. The van der Waals surface area contributed by atoms with E-state index in [9.17, 15) is 18.4 Å². The van der Waals surface area contributed by atoms with E-state index in [0.717, 1.165) is 32.1 Å². The third-order valence-electron chi connectivity index (χ3n) is 5.97. The number of benzene rings is 2. The molecule has 7 heteroatoms. The highest BCUT2D eigenvalue weighted by molar-refractivity contribution is 7.12. The highest BCUT2D eigenvalue weighted by atomic mass is 32.1. The van der Waals surface area contributed by atoms with E-state index in [4.69, 9.17) is 0 Å². The van der Waals surface area contributed by atoms with Gasteiger partial charge < -0.3 is 10.2 Å². The summed E-state index contributed by atoms with van der Waals surface area (Å²) in [7, 11) is 0. The molecule has 1 fully saturated rings. The van der Waals surface area contributed by atoms with Crippen molar-refractivity contribution in [3.05, 3.63) is 93.7 Å². The molecule has 0 bridgehead atoms. The van der Waals surface area contributed by atoms with Crippen molar-refractivity contribution in [1.82, 2.24) is 10.2 Å². The molecule has 1 atom stereocenters. The Bertz CT molecular complexity index is 1080. The van der Waals surface area contributed by atoms with Gasteiger partial charge in [-0.3, -0.25) is 9.59 Å². The Morgan fingerprint density at radius 2 is 1.70 bits per heavy atom. The molecule has 1 heterocycles. The lowest BCUT2D eigenvalue weighted by atomic mass is 9.94. The number of thiophene rings is 1. The fourth-order valence-corrected chi connectivity index (χ4v) is 4.96. The summed E-state index contributed by atoms with van der Waals surface area (Å²) < 4.78 is 28.5. The van der Waals surface area contributed by atoms with Crippen molar-refractivity contribution in [1.29, 1.82) is 0 Å². The Morgan fingerprint density at radius 1 is 0.970 bits per heavy atom. The highest BCUT2D eigenvalue weighted by Gasteiger charge is 2.35. The van der Waals surface area contributed by atoms with Gasteiger partial charge >= 0.3 is 0 Å². The van der Waals surface area contributed by atoms with Gasteiger partial charge in [0.2, 0.25) is 5.91 Å². The van der Waals surface area contributed by atoms with E-state index < -0.39 is 23.6 Å². The molecule has 0 radical (unpaired) electrons. The maximum atomic E-state index is 15.0. The average Bonchev–Trinajstić information content (AvgIpc) is 3.36. The molecular weight excluding hydrogens is 442 g/mol. The van der Waals surface area contributed by atoms with Crippen LogP contribution in [0.3, 0.4) is 0 Å². The van der Waals surface area contributed by atoms with E-state index in [0.29, 0.717) is 10.4 Å². The standard InChI is InChI=1S/C26H26F2N2O2S/c27-19-14-12-18(13-15-19)17-30(26(32)23-11-6-16-33-23)24(21-9-4-5-10-22(21)28)25(31)29-20-7-2-1-3-8-20/h4-6,9-16,20,24H,1-3,7-8,17H2,(H,29,31)/t24-/m0/s1. The Balaban J connectivity index is 1.73. The second-order valence-corrected chi connectivity index (χ2v) is 9.25. The number of carbonyl (C=O) groups excluding carboxylic acids is 2. The summed E-state index contributed by atoms with van der Waals surface area (Å²) >= 11 is 1.26. The minimum absolute atomic E-state index is 0.00466. The number of hydrogen-bond acceptors (Lipinski definition) is 3. The monoisotopic (exact) mass is 468 g/mol. The Morgan fingerprint density at radius 3 is 2.36 bits per heavy atom. The maximum Gasteiger partial charge on any atom is 0.265 e. The highest BCUT2D eigenvalue weighted by Crippen LogP contribution is 2.30. The van der Waals surface area contributed by atoms with Crippen LogP contribution in [0.15, 0.2) is 66.0 Å². The smallest absolute Gasteiger partial charge is 0.265 e. The fourth-order valence-electron chi connectivity index (χ4n) is 4.28. The predicted molar refractivity (Wildman–Crippen MR) is 125 cm³/mol. The van der Waals surface area contributed by atoms with Crippen molar-refractivity contribution in [2.24, 2.45) is 0 Å². The summed E-state index contributed by atoms with van der Waals surface area (Å²) in [4.78, 5) is 29.0. The first-order chi connectivity index (χ1) is 16.0. The van der Waals surface area contributed by atoms with E-state index in [-0.39, 0.29) is 24.1 Å². The summed E-state index contributed by atoms with van der Waals surface area (Å²) in [6.07, 6.45) is 4.93. The summed E-state index contributed by atoms with van der Waals surface area (Å²) in [6, 6.07) is 14.1. The molecule has 1 aliphatic carbocycles. The van der Waals surface area contributed by atoms with Gasteiger partial charge in [-0.2, -0.15) is 0 Å². The molecule has 1 N–H and O–H groups in total. The van der Waals surface area contributed by atoms with Gasteiger partial charge in [-0.1, -0.05) is 55.7 Å². The minimum Gasteiger partial charge on any atom is -0.351 e. The number of carbonyl (C=O) groups is 2. The van der Waals surface area contributed by atoms with E-state index in [2.05, 4.69) is 5.32 Å². The molecule has 1 saturated carbocycles. The van der Waals surface area contributed by atoms with Crippen molar-refractivity contribution in [2.75, 3.05) is 0 Å². The molecule has 0 aliphatic heterocycles. The van der Waals surface area contributed by atoms with E-state index in [1.807, 2.05) is 0 Å². The van der Waals surface area contributed by atoms with Crippen LogP contribution in [0.2, 0.25) is 0 Å². The van der Waals surface area contributed by atoms with Crippen molar-refractivity contribution in [2.45, 2.75) is 50.7 Å². The van der Waals surface area contributed by atoms with Crippen LogP contribution in [0.1, 0.15) is 58.9 Å². The molecule has 172 valence electrons. The van der Waals surface area contributed by atoms with Crippen molar-refractivity contribution >= 4 is 23.2 Å².